The maximum Gasteiger partial charge on any atom is 0.260 e. The van der Waals surface area contributed by atoms with Crippen molar-refractivity contribution in [3.05, 3.63) is 76.0 Å². The summed E-state index contributed by atoms with van der Waals surface area (Å²) in [4.78, 5) is 15.1. The summed E-state index contributed by atoms with van der Waals surface area (Å²) in [6.07, 6.45) is 0. The van der Waals surface area contributed by atoms with E-state index in [0.29, 0.717) is 16.3 Å². The van der Waals surface area contributed by atoms with Crippen molar-refractivity contribution in [2.24, 2.45) is 0 Å². The molecule has 0 aliphatic carbocycles. The van der Waals surface area contributed by atoms with Crippen LogP contribution in [0.2, 0.25) is 5.02 Å². The normalized spacial score (nSPS) is 10.5. The highest BCUT2D eigenvalue weighted by Gasteiger charge is 2.11. The van der Waals surface area contributed by atoms with Gasteiger partial charge in [-0.3, -0.25) is 4.79 Å². The predicted octanol–water partition coefficient (Wildman–Crippen LogP) is 4.07. The lowest BCUT2D eigenvalue weighted by atomic mass is 10.0. The molecule has 3 nitrogen and oxygen atoms in total. The quantitative estimate of drug-likeness (QED) is 0.749. The molecular formula is C17H12ClNO2. The first kappa shape index (κ1) is 13.5. The number of nitrogens with one attached hydrogen (secondary N) is 1. The summed E-state index contributed by atoms with van der Waals surface area (Å²) in [5.74, 6) is -0.0464. The third-order valence-electron chi connectivity index (χ3n) is 3.23. The molecule has 0 aliphatic heterocycles. The van der Waals surface area contributed by atoms with Gasteiger partial charge in [-0.1, -0.05) is 54.1 Å². The van der Waals surface area contributed by atoms with Crippen LogP contribution in [0.5, 0.6) is 5.75 Å². The Labute approximate surface area is 126 Å². The Balaban J connectivity index is 2.13. The largest absolute Gasteiger partial charge is 0.507 e. The fourth-order valence-corrected chi connectivity index (χ4v) is 2.34. The monoisotopic (exact) mass is 297 g/mol. The molecule has 3 aromatic rings. The van der Waals surface area contributed by atoms with Gasteiger partial charge in [0.25, 0.3) is 5.56 Å². The highest BCUT2D eigenvalue weighted by atomic mass is 35.5. The molecule has 21 heavy (non-hydrogen) atoms. The average molecular weight is 298 g/mol. The number of pyridine rings is 1. The smallest absolute Gasteiger partial charge is 0.260 e. The lowest BCUT2D eigenvalue weighted by Gasteiger charge is -2.07. The van der Waals surface area contributed by atoms with E-state index in [2.05, 4.69) is 4.98 Å². The van der Waals surface area contributed by atoms with E-state index in [1.165, 1.54) is 0 Å². The molecule has 0 saturated heterocycles. The Kier molecular flexibility index (Phi) is 3.50. The lowest BCUT2D eigenvalue weighted by Crippen LogP contribution is -2.10. The van der Waals surface area contributed by atoms with E-state index in [4.69, 9.17) is 11.6 Å². The van der Waals surface area contributed by atoms with Crippen molar-refractivity contribution < 1.29 is 5.11 Å². The number of aromatic hydroxyl groups is 1. The molecule has 4 heteroatoms. The van der Waals surface area contributed by atoms with Crippen molar-refractivity contribution in [1.82, 2.24) is 4.98 Å². The van der Waals surface area contributed by atoms with Crippen molar-refractivity contribution in [1.29, 1.82) is 0 Å². The highest BCUT2D eigenvalue weighted by molar-refractivity contribution is 6.30. The van der Waals surface area contributed by atoms with Gasteiger partial charge in [-0.2, -0.15) is 0 Å². The number of aromatic amines is 1. The maximum absolute atomic E-state index is 12.3. The van der Waals surface area contributed by atoms with Crippen LogP contribution in [0.3, 0.4) is 0 Å². The molecule has 0 amide bonds. The van der Waals surface area contributed by atoms with Crippen LogP contribution in [0.25, 0.3) is 22.4 Å². The van der Waals surface area contributed by atoms with Gasteiger partial charge in [0.15, 0.2) is 0 Å². The molecule has 0 atom stereocenters. The Hall–Kier alpha value is -2.52. The molecule has 1 heterocycles. The average Bonchev–Trinajstić information content (AvgIpc) is 2.48. The van der Waals surface area contributed by atoms with Gasteiger partial charge in [0.2, 0.25) is 0 Å². The first-order chi connectivity index (χ1) is 10.1. The molecule has 2 aromatic carbocycles. The van der Waals surface area contributed by atoms with Gasteiger partial charge in [0.1, 0.15) is 5.75 Å². The summed E-state index contributed by atoms with van der Waals surface area (Å²) in [5.41, 5.74) is 1.96. The van der Waals surface area contributed by atoms with Crippen molar-refractivity contribution in [3.8, 4) is 28.1 Å². The van der Waals surface area contributed by atoms with Crippen LogP contribution in [0.15, 0.2) is 65.5 Å². The maximum atomic E-state index is 12.3. The number of benzene rings is 2. The van der Waals surface area contributed by atoms with E-state index >= 15 is 0 Å². The van der Waals surface area contributed by atoms with Crippen LogP contribution in [0.4, 0.5) is 0 Å². The first-order valence-electron chi connectivity index (χ1n) is 6.43. The van der Waals surface area contributed by atoms with Gasteiger partial charge in [0, 0.05) is 11.1 Å². The molecule has 0 radical (unpaired) electrons. The van der Waals surface area contributed by atoms with Gasteiger partial charge >= 0.3 is 0 Å². The zero-order valence-electron chi connectivity index (χ0n) is 11.0. The molecule has 0 aliphatic rings. The number of hydrogen-bond acceptors (Lipinski definition) is 2. The second-order valence-electron chi connectivity index (χ2n) is 4.65. The van der Waals surface area contributed by atoms with Crippen molar-refractivity contribution in [2.45, 2.75) is 0 Å². The molecule has 0 saturated carbocycles. The van der Waals surface area contributed by atoms with Gasteiger partial charge in [-0.15, -0.1) is 0 Å². The Morgan fingerprint density at radius 3 is 2.19 bits per heavy atom. The minimum atomic E-state index is -0.328. The molecular weight excluding hydrogens is 286 g/mol. The summed E-state index contributed by atoms with van der Waals surface area (Å²) < 4.78 is 0. The highest BCUT2D eigenvalue weighted by Crippen LogP contribution is 2.28. The summed E-state index contributed by atoms with van der Waals surface area (Å²) in [5, 5.41) is 10.8. The van der Waals surface area contributed by atoms with Crippen molar-refractivity contribution >= 4 is 11.6 Å². The fourth-order valence-electron chi connectivity index (χ4n) is 2.21. The third kappa shape index (κ3) is 2.69. The van der Waals surface area contributed by atoms with Crippen LogP contribution >= 0.6 is 11.6 Å². The van der Waals surface area contributed by atoms with Gasteiger partial charge in [-0.05, 0) is 23.3 Å². The predicted molar refractivity (Wildman–Crippen MR) is 84.6 cm³/mol. The first-order valence-corrected chi connectivity index (χ1v) is 6.80. The molecule has 2 N–H and O–H groups in total. The topological polar surface area (TPSA) is 53.1 Å². The van der Waals surface area contributed by atoms with E-state index in [0.717, 1.165) is 5.56 Å². The molecule has 0 unspecified atom stereocenters. The molecule has 0 bridgehead atoms. The molecule has 0 spiro atoms. The van der Waals surface area contributed by atoms with Gasteiger partial charge in [0.05, 0.1) is 11.3 Å². The standard InChI is InChI=1S/C17H12ClNO2/c18-13-8-6-11(7-9-13)14-10-15(20)16(17(21)19-14)12-4-2-1-3-5-12/h1-10H,(H2,19,20,21). The minimum Gasteiger partial charge on any atom is -0.507 e. The van der Waals surface area contributed by atoms with E-state index in [1.807, 2.05) is 18.2 Å². The molecule has 104 valence electrons. The Morgan fingerprint density at radius 1 is 0.905 bits per heavy atom. The van der Waals surface area contributed by atoms with Crippen LogP contribution < -0.4 is 5.56 Å². The summed E-state index contributed by atoms with van der Waals surface area (Å²) in [7, 11) is 0. The van der Waals surface area contributed by atoms with E-state index in [1.54, 1.807) is 42.5 Å². The molecule has 1 aromatic heterocycles. The number of hydrogen-bond donors (Lipinski definition) is 2. The van der Waals surface area contributed by atoms with Gasteiger partial charge < -0.3 is 10.1 Å². The van der Waals surface area contributed by atoms with Crippen LogP contribution in [0, 0.1) is 0 Å². The van der Waals surface area contributed by atoms with Crippen molar-refractivity contribution in [2.75, 3.05) is 0 Å². The second-order valence-corrected chi connectivity index (χ2v) is 5.08. The molecule has 0 fully saturated rings. The number of rotatable bonds is 2. The zero-order valence-corrected chi connectivity index (χ0v) is 11.8. The zero-order chi connectivity index (χ0) is 14.8. The van der Waals surface area contributed by atoms with E-state index < -0.39 is 0 Å². The third-order valence-corrected chi connectivity index (χ3v) is 3.48. The summed E-state index contributed by atoms with van der Waals surface area (Å²) >= 11 is 5.85. The Bertz CT molecular complexity index is 824. The molecule has 3 rings (SSSR count). The fraction of sp³-hybridized carbons (Fsp3) is 0. The van der Waals surface area contributed by atoms with Crippen molar-refractivity contribution in [3.63, 3.8) is 0 Å². The van der Waals surface area contributed by atoms with E-state index in [9.17, 15) is 9.90 Å². The number of halogens is 1. The SMILES string of the molecule is O=c1[nH]c(-c2ccc(Cl)cc2)cc(O)c1-c1ccccc1. The summed E-state index contributed by atoms with van der Waals surface area (Å²) in [6.45, 7) is 0. The number of aromatic nitrogens is 1. The lowest BCUT2D eigenvalue weighted by molar-refractivity contribution is 0.476. The Morgan fingerprint density at radius 2 is 1.57 bits per heavy atom. The van der Waals surface area contributed by atoms with Crippen LogP contribution in [-0.2, 0) is 0 Å². The van der Waals surface area contributed by atoms with Gasteiger partial charge in [-0.25, -0.2) is 0 Å². The van der Waals surface area contributed by atoms with Crippen LogP contribution in [-0.4, -0.2) is 10.1 Å². The summed E-state index contributed by atoms with van der Waals surface area (Å²) in [6, 6.07) is 17.7. The van der Waals surface area contributed by atoms with Crippen LogP contribution in [0.1, 0.15) is 0 Å². The minimum absolute atomic E-state index is 0.0464. The van der Waals surface area contributed by atoms with E-state index in [-0.39, 0.29) is 16.9 Å². The second kappa shape index (κ2) is 5.46. The number of H-pyrrole nitrogens is 1.